The molecule has 1 aliphatic rings. The highest BCUT2D eigenvalue weighted by Gasteiger charge is 2.30. The maximum absolute atomic E-state index is 13.5. The third-order valence-electron chi connectivity index (χ3n) is 5.35. The summed E-state index contributed by atoms with van der Waals surface area (Å²) in [5.41, 5.74) is 1.41. The summed E-state index contributed by atoms with van der Waals surface area (Å²) >= 11 is 6.38. The van der Waals surface area contributed by atoms with Crippen LogP contribution < -0.4 is 5.32 Å². The largest absolute Gasteiger partial charge is 0.444 e. The van der Waals surface area contributed by atoms with Crippen LogP contribution in [0.1, 0.15) is 33.6 Å². The normalized spacial score (nSPS) is 14.8. The van der Waals surface area contributed by atoms with Gasteiger partial charge in [-0.3, -0.25) is 0 Å². The molecule has 1 fully saturated rings. The molecule has 3 rings (SSSR count). The van der Waals surface area contributed by atoms with Gasteiger partial charge in [0.1, 0.15) is 11.4 Å². The standard InChI is InChI=1S/C24H29ClFN3O3/c1-24(2,3)32-23(31)29-12-10-19(11-13-29)28(4)22(30)27-21-9-8-17(15-20(21)25)16-6-5-7-18(26)14-16/h5-9,14-15,19H,10-13H2,1-4H3,(H,27,30). The predicted molar refractivity (Wildman–Crippen MR) is 124 cm³/mol. The van der Waals surface area contributed by atoms with E-state index in [-0.39, 0.29) is 24.0 Å². The number of hydrogen-bond acceptors (Lipinski definition) is 3. The lowest BCUT2D eigenvalue weighted by Gasteiger charge is -2.37. The summed E-state index contributed by atoms with van der Waals surface area (Å²) in [6.07, 6.45) is 0.998. The number of piperidine rings is 1. The molecule has 0 unspecified atom stereocenters. The van der Waals surface area contributed by atoms with Crippen molar-refractivity contribution in [3.63, 3.8) is 0 Å². The first kappa shape index (κ1) is 23.9. The molecule has 1 N–H and O–H groups in total. The lowest BCUT2D eigenvalue weighted by Crippen LogP contribution is -2.49. The summed E-state index contributed by atoms with van der Waals surface area (Å²) in [7, 11) is 1.73. The zero-order chi connectivity index (χ0) is 23.5. The van der Waals surface area contributed by atoms with Crippen LogP contribution in [0.3, 0.4) is 0 Å². The Hall–Kier alpha value is -2.80. The molecule has 0 spiro atoms. The highest BCUT2D eigenvalue weighted by atomic mass is 35.5. The molecule has 3 amide bonds. The first-order chi connectivity index (χ1) is 15.0. The summed E-state index contributed by atoms with van der Waals surface area (Å²) in [5.74, 6) is -0.324. The van der Waals surface area contributed by atoms with E-state index in [9.17, 15) is 14.0 Å². The second-order valence-corrected chi connectivity index (χ2v) is 9.35. The van der Waals surface area contributed by atoms with E-state index in [0.717, 1.165) is 5.56 Å². The molecule has 0 saturated carbocycles. The average Bonchev–Trinajstić information content (AvgIpc) is 2.73. The van der Waals surface area contributed by atoms with Gasteiger partial charge < -0.3 is 19.9 Å². The highest BCUT2D eigenvalue weighted by Crippen LogP contribution is 2.29. The number of carbonyl (C=O) groups is 2. The Balaban J connectivity index is 1.57. The SMILES string of the molecule is CN(C(=O)Nc1ccc(-c2cccc(F)c2)cc1Cl)C1CCN(C(=O)OC(C)(C)C)CC1. The fourth-order valence-corrected chi connectivity index (χ4v) is 3.82. The minimum atomic E-state index is -0.534. The van der Waals surface area contributed by atoms with Crippen molar-refractivity contribution in [3.8, 4) is 11.1 Å². The monoisotopic (exact) mass is 461 g/mol. The maximum atomic E-state index is 13.5. The number of carbonyl (C=O) groups excluding carboxylic acids is 2. The minimum absolute atomic E-state index is 0.000899. The zero-order valence-electron chi connectivity index (χ0n) is 18.8. The van der Waals surface area contributed by atoms with E-state index in [1.165, 1.54) is 12.1 Å². The number of hydrogen-bond donors (Lipinski definition) is 1. The number of halogens is 2. The van der Waals surface area contributed by atoms with Gasteiger partial charge in [-0.2, -0.15) is 0 Å². The molecule has 0 aliphatic carbocycles. The van der Waals surface area contributed by atoms with Crippen LogP contribution in [0, 0.1) is 5.82 Å². The number of ether oxygens (including phenoxy) is 1. The summed E-state index contributed by atoms with van der Waals surface area (Å²) < 4.78 is 18.9. The molecule has 0 radical (unpaired) electrons. The molecule has 1 aliphatic heterocycles. The van der Waals surface area contributed by atoms with Gasteiger partial charge in [0.15, 0.2) is 0 Å². The number of likely N-dealkylation sites (tertiary alicyclic amines) is 1. The van der Waals surface area contributed by atoms with Crippen LogP contribution in [0.15, 0.2) is 42.5 Å². The third kappa shape index (κ3) is 6.13. The van der Waals surface area contributed by atoms with Gasteiger partial charge >= 0.3 is 12.1 Å². The molecule has 0 aromatic heterocycles. The van der Waals surface area contributed by atoms with Crippen LogP contribution in [-0.4, -0.2) is 53.7 Å². The van der Waals surface area contributed by atoms with Gasteiger partial charge in [0.05, 0.1) is 10.7 Å². The van der Waals surface area contributed by atoms with Crippen molar-refractivity contribution < 1.29 is 18.7 Å². The number of urea groups is 1. The second-order valence-electron chi connectivity index (χ2n) is 8.94. The lowest BCUT2D eigenvalue weighted by molar-refractivity contribution is 0.0174. The molecule has 1 heterocycles. The van der Waals surface area contributed by atoms with Crippen LogP contribution >= 0.6 is 11.6 Å². The molecule has 32 heavy (non-hydrogen) atoms. The van der Waals surface area contributed by atoms with Crippen LogP contribution in [0.4, 0.5) is 19.7 Å². The van der Waals surface area contributed by atoms with E-state index in [1.807, 2.05) is 20.8 Å². The molecule has 2 aromatic carbocycles. The molecular formula is C24H29ClFN3O3. The maximum Gasteiger partial charge on any atom is 0.410 e. The van der Waals surface area contributed by atoms with Gasteiger partial charge in [-0.05, 0) is 69.0 Å². The smallest absolute Gasteiger partial charge is 0.410 e. The van der Waals surface area contributed by atoms with E-state index in [0.29, 0.717) is 42.2 Å². The minimum Gasteiger partial charge on any atom is -0.444 e. The number of amides is 3. The molecule has 0 bridgehead atoms. The first-order valence-electron chi connectivity index (χ1n) is 10.6. The van der Waals surface area contributed by atoms with Crippen molar-refractivity contribution in [2.75, 3.05) is 25.5 Å². The predicted octanol–water partition coefficient (Wildman–Crippen LogP) is 6.01. The lowest BCUT2D eigenvalue weighted by atomic mass is 10.0. The van der Waals surface area contributed by atoms with E-state index in [1.54, 1.807) is 47.2 Å². The summed E-state index contributed by atoms with van der Waals surface area (Å²) in [5, 5.41) is 3.21. The molecular weight excluding hydrogens is 433 g/mol. The van der Waals surface area contributed by atoms with Gasteiger partial charge in [-0.1, -0.05) is 29.8 Å². The molecule has 6 nitrogen and oxygen atoms in total. The van der Waals surface area contributed by atoms with E-state index in [4.69, 9.17) is 16.3 Å². The van der Waals surface area contributed by atoms with Gasteiger partial charge in [0.25, 0.3) is 0 Å². The number of rotatable bonds is 3. The summed E-state index contributed by atoms with van der Waals surface area (Å²) in [4.78, 5) is 28.3. The first-order valence-corrected chi connectivity index (χ1v) is 11.0. The van der Waals surface area contributed by atoms with E-state index >= 15 is 0 Å². The molecule has 2 aromatic rings. The Labute approximate surface area is 193 Å². The zero-order valence-corrected chi connectivity index (χ0v) is 19.6. The van der Waals surface area contributed by atoms with E-state index in [2.05, 4.69) is 5.32 Å². The molecule has 0 atom stereocenters. The number of benzene rings is 2. The quantitative estimate of drug-likeness (QED) is 0.608. The van der Waals surface area contributed by atoms with Crippen molar-refractivity contribution in [1.29, 1.82) is 0 Å². The third-order valence-corrected chi connectivity index (χ3v) is 5.67. The second kappa shape index (κ2) is 9.77. The number of anilines is 1. The Bertz CT molecular complexity index is 985. The van der Waals surface area contributed by atoms with Gasteiger partial charge in [-0.25, -0.2) is 14.0 Å². The average molecular weight is 462 g/mol. The Morgan fingerprint density at radius 1 is 1.12 bits per heavy atom. The van der Waals surface area contributed by atoms with Crippen molar-refractivity contribution in [3.05, 3.63) is 53.3 Å². The highest BCUT2D eigenvalue weighted by molar-refractivity contribution is 6.34. The van der Waals surface area contributed by atoms with Crippen LogP contribution in [0.25, 0.3) is 11.1 Å². The number of nitrogens with one attached hydrogen (secondary N) is 1. The van der Waals surface area contributed by atoms with Gasteiger partial charge in [0.2, 0.25) is 0 Å². The Morgan fingerprint density at radius 3 is 2.38 bits per heavy atom. The van der Waals surface area contributed by atoms with Crippen LogP contribution in [0.5, 0.6) is 0 Å². The fraction of sp³-hybridized carbons (Fsp3) is 0.417. The van der Waals surface area contributed by atoms with Crippen LogP contribution in [0.2, 0.25) is 5.02 Å². The summed E-state index contributed by atoms with van der Waals surface area (Å²) in [6, 6.07) is 11.2. The Kier molecular flexibility index (Phi) is 7.29. The molecule has 172 valence electrons. The van der Waals surface area contributed by atoms with Crippen molar-refractivity contribution in [1.82, 2.24) is 9.80 Å². The van der Waals surface area contributed by atoms with Gasteiger partial charge in [-0.15, -0.1) is 0 Å². The van der Waals surface area contributed by atoms with Crippen LogP contribution in [-0.2, 0) is 4.74 Å². The fourth-order valence-electron chi connectivity index (χ4n) is 3.60. The molecule has 8 heteroatoms. The van der Waals surface area contributed by atoms with Crippen molar-refractivity contribution >= 4 is 29.4 Å². The Morgan fingerprint density at radius 2 is 1.78 bits per heavy atom. The van der Waals surface area contributed by atoms with Gasteiger partial charge in [0, 0.05) is 26.2 Å². The van der Waals surface area contributed by atoms with Crippen molar-refractivity contribution in [2.45, 2.75) is 45.3 Å². The molecule has 1 saturated heterocycles. The van der Waals surface area contributed by atoms with E-state index < -0.39 is 5.60 Å². The topological polar surface area (TPSA) is 61.9 Å². The number of nitrogens with zero attached hydrogens (tertiary/aromatic N) is 2. The summed E-state index contributed by atoms with van der Waals surface area (Å²) in [6.45, 7) is 6.57. The van der Waals surface area contributed by atoms with Crippen molar-refractivity contribution in [2.24, 2.45) is 0 Å².